The van der Waals surface area contributed by atoms with Crippen LogP contribution in [0.3, 0.4) is 0 Å². The summed E-state index contributed by atoms with van der Waals surface area (Å²) >= 11 is 6.07. The van der Waals surface area contributed by atoms with Crippen molar-refractivity contribution in [2.75, 3.05) is 11.6 Å². The largest absolute Gasteiger partial charge is 0.423 e. The van der Waals surface area contributed by atoms with Gasteiger partial charge in [0.2, 0.25) is 0 Å². The van der Waals surface area contributed by atoms with Crippen LogP contribution in [0.25, 0.3) is 11.3 Å². The summed E-state index contributed by atoms with van der Waals surface area (Å²) in [6.07, 6.45) is 2.59. The average molecular weight is 367 g/mol. The van der Waals surface area contributed by atoms with Crippen LogP contribution in [-0.4, -0.2) is 19.7 Å². The molecule has 0 spiro atoms. The SMILES string of the molecule is CS(=O)(=O)c1ccc(Cl)c(Nc2ncc(-c3ccc(F)cc3)o2)c1. The lowest BCUT2D eigenvalue weighted by molar-refractivity contribution is 0.591. The van der Waals surface area contributed by atoms with Gasteiger partial charge in [0.25, 0.3) is 6.01 Å². The second kappa shape index (κ2) is 6.26. The second-order valence-electron chi connectivity index (χ2n) is 5.08. The van der Waals surface area contributed by atoms with Crippen LogP contribution in [0.5, 0.6) is 0 Å². The van der Waals surface area contributed by atoms with Crippen LogP contribution < -0.4 is 5.32 Å². The van der Waals surface area contributed by atoms with E-state index < -0.39 is 9.84 Å². The van der Waals surface area contributed by atoms with Gasteiger partial charge in [0.05, 0.1) is 21.8 Å². The van der Waals surface area contributed by atoms with E-state index in [2.05, 4.69) is 10.3 Å². The van der Waals surface area contributed by atoms with E-state index in [1.165, 1.54) is 36.5 Å². The number of sulfone groups is 1. The number of nitrogens with zero attached hydrogens (tertiary/aromatic N) is 1. The summed E-state index contributed by atoms with van der Waals surface area (Å²) in [5.74, 6) is 0.0916. The Morgan fingerprint density at radius 2 is 1.88 bits per heavy atom. The third kappa shape index (κ3) is 3.58. The summed E-state index contributed by atoms with van der Waals surface area (Å²) in [4.78, 5) is 4.19. The number of aromatic nitrogens is 1. The number of rotatable bonds is 4. The zero-order valence-electron chi connectivity index (χ0n) is 12.5. The van der Waals surface area contributed by atoms with Crippen molar-refractivity contribution in [1.82, 2.24) is 4.98 Å². The predicted octanol–water partition coefficient (Wildman–Crippen LogP) is 4.28. The van der Waals surface area contributed by atoms with Crippen LogP contribution in [0.15, 0.2) is 58.0 Å². The van der Waals surface area contributed by atoms with Crippen LogP contribution in [0.1, 0.15) is 0 Å². The maximum Gasteiger partial charge on any atom is 0.299 e. The molecule has 124 valence electrons. The second-order valence-corrected chi connectivity index (χ2v) is 7.50. The van der Waals surface area contributed by atoms with Crippen LogP contribution in [-0.2, 0) is 9.84 Å². The van der Waals surface area contributed by atoms with Crippen LogP contribution in [0.2, 0.25) is 5.02 Å². The summed E-state index contributed by atoms with van der Waals surface area (Å²) in [6, 6.07) is 10.2. The predicted molar refractivity (Wildman–Crippen MR) is 89.7 cm³/mol. The van der Waals surface area contributed by atoms with Crippen molar-refractivity contribution in [3.05, 3.63) is 59.5 Å². The summed E-state index contributed by atoms with van der Waals surface area (Å²) < 4.78 is 41.7. The molecule has 1 N–H and O–H groups in total. The highest BCUT2D eigenvalue weighted by Gasteiger charge is 2.13. The fourth-order valence-electron chi connectivity index (χ4n) is 2.03. The molecule has 0 aliphatic carbocycles. The van der Waals surface area contributed by atoms with E-state index in [-0.39, 0.29) is 16.7 Å². The lowest BCUT2D eigenvalue weighted by atomic mass is 10.2. The Labute approximate surface area is 143 Å². The van der Waals surface area contributed by atoms with Gasteiger partial charge < -0.3 is 9.73 Å². The number of anilines is 2. The quantitative estimate of drug-likeness (QED) is 0.746. The number of halogens is 2. The number of benzene rings is 2. The van der Waals surface area contributed by atoms with Crippen molar-refractivity contribution < 1.29 is 17.2 Å². The zero-order chi connectivity index (χ0) is 17.3. The van der Waals surface area contributed by atoms with Gasteiger partial charge in [0, 0.05) is 11.8 Å². The molecule has 5 nitrogen and oxygen atoms in total. The van der Waals surface area contributed by atoms with Gasteiger partial charge in [-0.05, 0) is 42.5 Å². The highest BCUT2D eigenvalue weighted by molar-refractivity contribution is 7.90. The Balaban J connectivity index is 1.89. The van der Waals surface area contributed by atoms with E-state index in [9.17, 15) is 12.8 Å². The Morgan fingerprint density at radius 1 is 1.17 bits per heavy atom. The molecule has 24 heavy (non-hydrogen) atoms. The van der Waals surface area contributed by atoms with Gasteiger partial charge in [-0.1, -0.05) is 11.6 Å². The Bertz CT molecular complexity index is 985. The number of oxazole rings is 1. The summed E-state index contributed by atoms with van der Waals surface area (Å²) in [6.45, 7) is 0. The van der Waals surface area contributed by atoms with Crippen molar-refractivity contribution in [2.24, 2.45) is 0 Å². The molecular weight excluding hydrogens is 355 g/mol. The smallest absolute Gasteiger partial charge is 0.299 e. The number of hydrogen-bond acceptors (Lipinski definition) is 5. The monoisotopic (exact) mass is 366 g/mol. The Hall–Kier alpha value is -2.38. The fourth-order valence-corrected chi connectivity index (χ4v) is 2.84. The summed E-state index contributed by atoms with van der Waals surface area (Å²) in [5, 5.41) is 3.16. The van der Waals surface area contributed by atoms with E-state index >= 15 is 0 Å². The maximum atomic E-state index is 13.0. The number of hydrogen-bond donors (Lipinski definition) is 1. The van der Waals surface area contributed by atoms with Crippen molar-refractivity contribution in [3.63, 3.8) is 0 Å². The van der Waals surface area contributed by atoms with E-state index in [1.807, 2.05) is 0 Å². The molecule has 0 unspecified atom stereocenters. The first kappa shape index (κ1) is 16.5. The van der Waals surface area contributed by atoms with E-state index in [1.54, 1.807) is 12.1 Å². The molecule has 3 aromatic rings. The van der Waals surface area contributed by atoms with Crippen LogP contribution >= 0.6 is 11.6 Å². The van der Waals surface area contributed by atoms with Gasteiger partial charge in [0.15, 0.2) is 15.6 Å². The molecule has 0 amide bonds. The minimum atomic E-state index is -3.36. The normalized spacial score (nSPS) is 11.5. The van der Waals surface area contributed by atoms with Gasteiger partial charge in [-0.2, -0.15) is 0 Å². The molecule has 8 heteroatoms. The molecule has 0 bridgehead atoms. The highest BCUT2D eigenvalue weighted by atomic mass is 35.5. The molecule has 2 aromatic carbocycles. The molecule has 0 fully saturated rings. The molecule has 1 aromatic heterocycles. The van der Waals surface area contributed by atoms with E-state index in [4.69, 9.17) is 16.0 Å². The third-order valence-corrected chi connectivity index (χ3v) is 4.68. The Kier molecular flexibility index (Phi) is 4.29. The zero-order valence-corrected chi connectivity index (χ0v) is 14.0. The number of nitrogens with one attached hydrogen (secondary N) is 1. The van der Waals surface area contributed by atoms with Gasteiger partial charge in [-0.3, -0.25) is 0 Å². The van der Waals surface area contributed by atoms with Crippen molar-refractivity contribution in [1.29, 1.82) is 0 Å². The van der Waals surface area contributed by atoms with E-state index in [0.717, 1.165) is 6.26 Å². The standard InChI is InChI=1S/C16H12ClFN2O3S/c1-24(21,22)12-6-7-13(17)14(8-12)20-16-19-9-15(23-16)10-2-4-11(18)5-3-10/h2-9H,1H3,(H,19,20). The van der Waals surface area contributed by atoms with Gasteiger partial charge in [-0.15, -0.1) is 0 Å². The summed E-state index contributed by atoms with van der Waals surface area (Å²) in [5.41, 5.74) is 1.01. The first-order chi connectivity index (χ1) is 11.3. The molecule has 3 rings (SSSR count). The molecule has 1 heterocycles. The topological polar surface area (TPSA) is 72.2 Å². The fraction of sp³-hybridized carbons (Fsp3) is 0.0625. The highest BCUT2D eigenvalue weighted by Crippen LogP contribution is 2.30. The molecule has 0 aliphatic heterocycles. The average Bonchev–Trinajstić information content (AvgIpc) is 2.97. The molecular formula is C16H12ClFN2O3S. The van der Waals surface area contributed by atoms with Crippen molar-refractivity contribution >= 4 is 33.1 Å². The van der Waals surface area contributed by atoms with Gasteiger partial charge >= 0.3 is 0 Å². The molecule has 0 atom stereocenters. The molecule has 0 aliphatic rings. The Morgan fingerprint density at radius 3 is 2.54 bits per heavy atom. The van der Waals surface area contributed by atoms with Crippen molar-refractivity contribution in [2.45, 2.75) is 4.90 Å². The maximum absolute atomic E-state index is 13.0. The van der Waals surface area contributed by atoms with Crippen LogP contribution in [0, 0.1) is 5.82 Å². The first-order valence-electron chi connectivity index (χ1n) is 6.81. The molecule has 0 saturated heterocycles. The lowest BCUT2D eigenvalue weighted by Crippen LogP contribution is -1.99. The lowest BCUT2D eigenvalue weighted by Gasteiger charge is -2.06. The minimum Gasteiger partial charge on any atom is -0.423 e. The van der Waals surface area contributed by atoms with Crippen LogP contribution in [0.4, 0.5) is 16.1 Å². The minimum absolute atomic E-state index is 0.125. The molecule has 0 radical (unpaired) electrons. The van der Waals surface area contributed by atoms with Gasteiger partial charge in [0.1, 0.15) is 5.82 Å². The van der Waals surface area contributed by atoms with E-state index in [0.29, 0.717) is 22.0 Å². The third-order valence-electron chi connectivity index (χ3n) is 3.24. The summed E-state index contributed by atoms with van der Waals surface area (Å²) in [7, 11) is -3.36. The first-order valence-corrected chi connectivity index (χ1v) is 9.08. The van der Waals surface area contributed by atoms with Crippen molar-refractivity contribution in [3.8, 4) is 11.3 Å². The molecule has 0 saturated carbocycles. The van der Waals surface area contributed by atoms with Gasteiger partial charge in [-0.25, -0.2) is 17.8 Å².